The summed E-state index contributed by atoms with van der Waals surface area (Å²) in [6.45, 7) is 5.02. The average molecular weight is 765 g/mol. The monoisotopic (exact) mass is 764 g/mol. The number of ether oxygens (including phenoxy) is 1. The zero-order chi connectivity index (χ0) is 38.4. The molecule has 16 heteroatoms. The van der Waals surface area contributed by atoms with Crippen LogP contribution < -0.4 is 20.1 Å². The number of fused-ring (bicyclic) bond motifs is 3. The standard InChI is InChI=1S/C38H45FN6O8S/c1-4-26-34(42-31-25(39)12-10-14-27(31)40-26)53-24-19-29-32(46)43-38(36(49)44-54(50,51)37(3)17-18-37)20-23(38)11-8-6-5-7-9-13-28(35(48)45(29)21-24)41-33(47)30-16-15-22(2)52-30/h8,10-12,14-16,23-24,28-29H,4-7,9,13,17-21H2,1-3H3,(H,41,47)(H,43,46)(H,44,49)/t23-,24-,28+,29+,38-/m1/s1. The smallest absolute Gasteiger partial charge is 0.287 e. The molecule has 2 saturated carbocycles. The minimum atomic E-state index is -4.01. The van der Waals surface area contributed by atoms with Crippen LogP contribution in [0.15, 0.2) is 46.9 Å². The molecule has 54 heavy (non-hydrogen) atoms. The normalized spacial score (nSPS) is 26.9. The molecule has 2 aliphatic heterocycles. The Bertz CT molecular complexity index is 2130. The van der Waals surface area contributed by atoms with Crippen molar-refractivity contribution in [3.8, 4) is 5.88 Å². The molecule has 2 aliphatic carbocycles. The summed E-state index contributed by atoms with van der Waals surface area (Å²) in [5.41, 5.74) is -0.729. The summed E-state index contributed by atoms with van der Waals surface area (Å²) in [5.74, 6) is -3.05. The number of carbonyl (C=O) groups excluding carboxylic acids is 4. The quantitative estimate of drug-likeness (QED) is 0.285. The van der Waals surface area contributed by atoms with Crippen molar-refractivity contribution < 1.29 is 41.1 Å². The number of benzene rings is 1. The number of rotatable bonds is 8. The van der Waals surface area contributed by atoms with Crippen molar-refractivity contribution >= 4 is 44.7 Å². The van der Waals surface area contributed by atoms with Crippen LogP contribution in [0.1, 0.15) is 93.6 Å². The molecule has 2 aromatic heterocycles. The molecule has 3 fully saturated rings. The third-order valence-electron chi connectivity index (χ3n) is 11.0. The number of carbonyl (C=O) groups is 4. The largest absolute Gasteiger partial charge is 0.471 e. The Balaban J connectivity index is 1.21. The minimum Gasteiger partial charge on any atom is -0.471 e. The fourth-order valence-electron chi connectivity index (χ4n) is 7.28. The molecular formula is C38H45FN6O8S. The molecule has 1 saturated heterocycles. The molecule has 0 radical (unpaired) electrons. The fraction of sp³-hybridized carbons (Fsp3) is 0.526. The van der Waals surface area contributed by atoms with Crippen molar-refractivity contribution in [2.24, 2.45) is 5.92 Å². The SMILES string of the molecule is CCc1nc2cccc(F)c2nc1O[C@@H]1C[C@H]2C(=O)N[C@]3(C(=O)NS(=O)(=O)C4(C)CC4)C[C@H]3C=CCCCCC[C@H](NC(=O)c3ccc(C)o3)C(=O)N2C1. The van der Waals surface area contributed by atoms with Crippen LogP contribution in [0.25, 0.3) is 11.0 Å². The first-order valence-corrected chi connectivity index (χ1v) is 20.1. The topological polar surface area (TPSA) is 190 Å². The number of nitrogens with zero attached hydrogens (tertiary/aromatic N) is 3. The molecule has 288 valence electrons. The highest BCUT2D eigenvalue weighted by Gasteiger charge is 2.63. The number of allylic oxidation sites excluding steroid dienone is 1. The number of sulfonamides is 1. The van der Waals surface area contributed by atoms with E-state index in [-0.39, 0.29) is 43.0 Å². The molecular weight excluding hydrogens is 720 g/mol. The van der Waals surface area contributed by atoms with Crippen molar-refractivity contribution in [3.63, 3.8) is 0 Å². The minimum absolute atomic E-state index is 0.0121. The first-order chi connectivity index (χ1) is 25.7. The van der Waals surface area contributed by atoms with Gasteiger partial charge in [-0.2, -0.15) is 0 Å². The van der Waals surface area contributed by atoms with Gasteiger partial charge in [0.2, 0.25) is 27.7 Å². The molecule has 5 atom stereocenters. The Kier molecular flexibility index (Phi) is 10.00. The lowest BCUT2D eigenvalue weighted by molar-refractivity contribution is -0.141. The number of nitrogens with one attached hydrogen (secondary N) is 3. The van der Waals surface area contributed by atoms with Gasteiger partial charge in [-0.15, -0.1) is 0 Å². The van der Waals surface area contributed by atoms with Crippen LogP contribution in [0.4, 0.5) is 4.39 Å². The molecule has 3 N–H and O–H groups in total. The van der Waals surface area contributed by atoms with E-state index in [2.05, 4.69) is 25.3 Å². The van der Waals surface area contributed by atoms with Gasteiger partial charge in [0, 0.05) is 12.3 Å². The molecule has 0 spiro atoms. The second kappa shape index (κ2) is 14.4. The van der Waals surface area contributed by atoms with E-state index in [0.717, 1.165) is 12.8 Å². The Morgan fingerprint density at radius 1 is 1.13 bits per heavy atom. The van der Waals surface area contributed by atoms with Crippen molar-refractivity contribution in [1.29, 1.82) is 0 Å². The van der Waals surface area contributed by atoms with E-state index in [0.29, 0.717) is 49.1 Å². The van der Waals surface area contributed by atoms with E-state index in [1.165, 1.54) is 23.1 Å². The van der Waals surface area contributed by atoms with E-state index in [1.54, 1.807) is 26.0 Å². The Hall–Kier alpha value is -4.86. The molecule has 7 rings (SSSR count). The summed E-state index contributed by atoms with van der Waals surface area (Å²) in [6.07, 6.45) is 7.39. The lowest BCUT2D eigenvalue weighted by Gasteiger charge is -2.30. The van der Waals surface area contributed by atoms with Crippen molar-refractivity contribution in [3.05, 3.63) is 65.5 Å². The zero-order valence-corrected chi connectivity index (χ0v) is 31.3. The number of aryl methyl sites for hydroxylation is 2. The fourth-order valence-corrected chi connectivity index (χ4v) is 8.59. The van der Waals surface area contributed by atoms with Crippen LogP contribution in [0.5, 0.6) is 5.88 Å². The average Bonchev–Trinajstić information content (AvgIpc) is 3.94. The van der Waals surface area contributed by atoms with Gasteiger partial charge in [0.05, 0.1) is 16.8 Å². The summed E-state index contributed by atoms with van der Waals surface area (Å²) in [7, 11) is -4.01. The van der Waals surface area contributed by atoms with Crippen LogP contribution in [0.3, 0.4) is 0 Å². The van der Waals surface area contributed by atoms with Gasteiger partial charge in [0.15, 0.2) is 11.6 Å². The summed E-state index contributed by atoms with van der Waals surface area (Å²) in [4.78, 5) is 66.4. The van der Waals surface area contributed by atoms with Crippen LogP contribution in [0, 0.1) is 18.7 Å². The maximum absolute atomic E-state index is 14.8. The summed E-state index contributed by atoms with van der Waals surface area (Å²) in [5, 5.41) is 5.66. The Labute approximate surface area is 312 Å². The van der Waals surface area contributed by atoms with Gasteiger partial charge in [-0.3, -0.25) is 23.9 Å². The van der Waals surface area contributed by atoms with Gasteiger partial charge in [-0.1, -0.05) is 38.0 Å². The van der Waals surface area contributed by atoms with E-state index in [4.69, 9.17) is 9.15 Å². The van der Waals surface area contributed by atoms with E-state index >= 15 is 0 Å². The second-order valence-electron chi connectivity index (χ2n) is 15.1. The molecule has 4 heterocycles. The van der Waals surface area contributed by atoms with Gasteiger partial charge in [-0.25, -0.2) is 22.8 Å². The van der Waals surface area contributed by atoms with Crippen LogP contribution in [-0.4, -0.2) is 81.9 Å². The lowest BCUT2D eigenvalue weighted by Crippen LogP contribution is -2.58. The molecule has 4 amide bonds. The van der Waals surface area contributed by atoms with Gasteiger partial charge < -0.3 is 24.7 Å². The number of para-hydroxylation sites is 1. The van der Waals surface area contributed by atoms with E-state index in [1.807, 2.05) is 19.1 Å². The predicted octanol–water partition coefficient (Wildman–Crippen LogP) is 3.77. The molecule has 4 aliphatic rings. The number of aromatic nitrogens is 2. The second-order valence-corrected chi connectivity index (χ2v) is 17.3. The zero-order valence-electron chi connectivity index (χ0n) is 30.5. The third kappa shape index (κ3) is 7.31. The van der Waals surface area contributed by atoms with E-state index < -0.39 is 73.9 Å². The molecule has 1 aromatic carbocycles. The number of halogens is 1. The molecule has 3 aromatic rings. The highest BCUT2D eigenvalue weighted by atomic mass is 32.2. The molecule has 0 unspecified atom stereocenters. The van der Waals surface area contributed by atoms with Gasteiger partial charge >= 0.3 is 0 Å². The first-order valence-electron chi connectivity index (χ1n) is 18.6. The first kappa shape index (κ1) is 37.5. The maximum Gasteiger partial charge on any atom is 0.287 e. The van der Waals surface area contributed by atoms with Crippen molar-refractivity contribution in [2.75, 3.05) is 6.54 Å². The van der Waals surface area contributed by atoms with Crippen LogP contribution in [0.2, 0.25) is 0 Å². The Morgan fingerprint density at radius 2 is 1.93 bits per heavy atom. The van der Waals surface area contributed by atoms with Crippen LogP contribution >= 0.6 is 0 Å². The van der Waals surface area contributed by atoms with E-state index in [9.17, 15) is 32.0 Å². The van der Waals surface area contributed by atoms with Crippen molar-refractivity contribution in [2.45, 2.75) is 113 Å². The molecule has 14 nitrogen and oxygen atoms in total. The lowest BCUT2D eigenvalue weighted by atomic mass is 10.0. The van der Waals surface area contributed by atoms with Gasteiger partial charge in [-0.05, 0) is 83.1 Å². The number of amides is 4. The summed E-state index contributed by atoms with van der Waals surface area (Å²) < 4.78 is 54.1. The predicted molar refractivity (Wildman–Crippen MR) is 194 cm³/mol. The van der Waals surface area contributed by atoms with Gasteiger partial charge in [0.1, 0.15) is 40.7 Å². The number of furan rings is 1. The summed E-state index contributed by atoms with van der Waals surface area (Å²) in [6, 6.07) is 5.39. The number of hydrogen-bond donors (Lipinski definition) is 3. The highest BCUT2D eigenvalue weighted by molar-refractivity contribution is 7.91. The van der Waals surface area contributed by atoms with Crippen molar-refractivity contribution in [1.82, 2.24) is 30.2 Å². The third-order valence-corrected chi connectivity index (χ3v) is 13.2. The Morgan fingerprint density at radius 3 is 2.65 bits per heavy atom. The van der Waals surface area contributed by atoms with Gasteiger partial charge in [0.25, 0.3) is 11.8 Å². The summed E-state index contributed by atoms with van der Waals surface area (Å²) >= 11 is 0. The highest BCUT2D eigenvalue weighted by Crippen LogP contribution is 2.47. The molecule has 0 bridgehead atoms. The maximum atomic E-state index is 14.8. The number of hydrogen-bond acceptors (Lipinski definition) is 10. The van der Waals surface area contributed by atoms with Crippen LogP contribution in [-0.2, 0) is 30.8 Å².